The quantitative estimate of drug-likeness (QED) is 0.748. The zero-order chi connectivity index (χ0) is 11.8. The van der Waals surface area contributed by atoms with Crippen LogP contribution >= 0.6 is 0 Å². The summed E-state index contributed by atoms with van der Waals surface area (Å²) in [4.78, 5) is -0.202. The summed E-state index contributed by atoms with van der Waals surface area (Å²) in [5, 5.41) is 1.60. The fourth-order valence-electron chi connectivity index (χ4n) is 1.52. The molecule has 0 amide bonds. The third kappa shape index (κ3) is 1.98. The lowest BCUT2D eigenvalue weighted by atomic mass is 10.1. The molecule has 0 fully saturated rings. The van der Waals surface area contributed by atoms with Crippen LogP contribution in [0, 0.1) is 0 Å². The van der Waals surface area contributed by atoms with Crippen LogP contribution in [-0.4, -0.2) is 13.0 Å². The zero-order valence-corrected chi connectivity index (χ0v) is 9.20. The predicted molar refractivity (Wildman–Crippen MR) is 62.0 cm³/mol. The van der Waals surface area contributed by atoms with Crippen molar-refractivity contribution in [3.8, 4) is 0 Å². The van der Waals surface area contributed by atoms with Gasteiger partial charge in [0.1, 0.15) is 10.1 Å². The first-order valence-corrected chi connectivity index (χ1v) is 6.04. The monoisotopic (exact) mass is 233 g/mol. The Morgan fingerprint density at radius 2 is 1.69 bits per heavy atom. The number of benzene rings is 2. The highest BCUT2D eigenvalue weighted by Crippen LogP contribution is 2.20. The molecular weight excluding hydrogens is 224 g/mol. The van der Waals surface area contributed by atoms with Gasteiger partial charge in [-0.1, -0.05) is 30.9 Å². The van der Waals surface area contributed by atoms with Gasteiger partial charge in [-0.15, -0.1) is 0 Å². The molecule has 0 radical (unpaired) electrons. The van der Waals surface area contributed by atoms with Crippen molar-refractivity contribution in [3.05, 3.63) is 48.5 Å². The highest BCUT2D eigenvalue weighted by Gasteiger charge is 2.02. The van der Waals surface area contributed by atoms with E-state index < -0.39 is 10.1 Å². The highest BCUT2D eigenvalue weighted by molar-refractivity contribution is 7.85. The van der Waals surface area contributed by atoms with Gasteiger partial charge in [-0.05, 0) is 34.5 Å². The number of hydrogen-bond acceptors (Lipinski definition) is 3. The van der Waals surface area contributed by atoms with Crippen molar-refractivity contribution >= 4 is 27.0 Å². The van der Waals surface area contributed by atoms with E-state index in [2.05, 4.69) is 6.58 Å². The molecular formula is C12H9O3S-. The first-order chi connectivity index (χ1) is 7.50. The lowest BCUT2D eigenvalue weighted by molar-refractivity contribution is 0.463. The molecule has 0 N–H and O–H groups in total. The molecule has 0 aliphatic rings. The zero-order valence-electron chi connectivity index (χ0n) is 8.38. The Morgan fingerprint density at radius 3 is 2.31 bits per heavy atom. The highest BCUT2D eigenvalue weighted by atomic mass is 32.2. The summed E-state index contributed by atoms with van der Waals surface area (Å²) < 4.78 is 32.5. The number of rotatable bonds is 2. The van der Waals surface area contributed by atoms with Crippen LogP contribution in [0.5, 0.6) is 0 Å². The Kier molecular flexibility index (Phi) is 2.53. The molecule has 16 heavy (non-hydrogen) atoms. The van der Waals surface area contributed by atoms with E-state index in [0.29, 0.717) is 0 Å². The van der Waals surface area contributed by atoms with Crippen molar-refractivity contribution in [2.24, 2.45) is 0 Å². The van der Waals surface area contributed by atoms with E-state index in [4.69, 9.17) is 0 Å². The van der Waals surface area contributed by atoms with E-state index in [1.54, 1.807) is 18.2 Å². The first kappa shape index (κ1) is 10.9. The van der Waals surface area contributed by atoms with Crippen LogP contribution in [-0.2, 0) is 10.1 Å². The third-order valence-corrected chi connectivity index (χ3v) is 3.19. The van der Waals surface area contributed by atoms with Crippen molar-refractivity contribution in [1.82, 2.24) is 0 Å². The second-order valence-corrected chi connectivity index (χ2v) is 4.81. The van der Waals surface area contributed by atoms with Gasteiger partial charge in [0.05, 0.1) is 4.90 Å². The maximum Gasteiger partial charge on any atom is 0.124 e. The van der Waals surface area contributed by atoms with Gasteiger partial charge in [0.15, 0.2) is 0 Å². The molecule has 0 unspecified atom stereocenters. The van der Waals surface area contributed by atoms with Crippen molar-refractivity contribution < 1.29 is 13.0 Å². The van der Waals surface area contributed by atoms with Crippen LogP contribution in [0.15, 0.2) is 47.9 Å². The molecule has 0 bridgehead atoms. The summed E-state index contributed by atoms with van der Waals surface area (Å²) in [5.74, 6) is 0. The molecule has 0 aliphatic carbocycles. The van der Waals surface area contributed by atoms with E-state index in [-0.39, 0.29) is 4.90 Å². The Hall–Kier alpha value is -1.65. The minimum absolute atomic E-state index is 0.202. The van der Waals surface area contributed by atoms with Crippen LogP contribution in [0.1, 0.15) is 5.56 Å². The van der Waals surface area contributed by atoms with E-state index in [1.807, 2.05) is 12.1 Å². The van der Waals surface area contributed by atoms with Gasteiger partial charge < -0.3 is 4.55 Å². The Labute approximate surface area is 93.8 Å². The molecule has 2 aromatic rings. The molecule has 3 nitrogen and oxygen atoms in total. The van der Waals surface area contributed by atoms with E-state index >= 15 is 0 Å². The van der Waals surface area contributed by atoms with Gasteiger partial charge >= 0.3 is 0 Å². The van der Waals surface area contributed by atoms with Gasteiger partial charge in [0, 0.05) is 0 Å². The Morgan fingerprint density at radius 1 is 1.06 bits per heavy atom. The fourth-order valence-corrected chi connectivity index (χ4v) is 2.03. The molecule has 2 rings (SSSR count). The van der Waals surface area contributed by atoms with Crippen LogP contribution in [0.3, 0.4) is 0 Å². The normalized spacial score (nSPS) is 11.6. The molecule has 0 saturated heterocycles. The summed E-state index contributed by atoms with van der Waals surface area (Å²) in [6.45, 7) is 3.65. The molecule has 0 heterocycles. The van der Waals surface area contributed by atoms with E-state index in [0.717, 1.165) is 16.3 Å². The molecule has 0 spiro atoms. The smallest absolute Gasteiger partial charge is 0.124 e. The average molecular weight is 233 g/mol. The molecule has 0 atom stereocenters. The Bertz CT molecular complexity index is 657. The minimum Gasteiger partial charge on any atom is -0.744 e. The van der Waals surface area contributed by atoms with Crippen molar-refractivity contribution in [2.45, 2.75) is 4.90 Å². The van der Waals surface area contributed by atoms with Gasteiger partial charge in [-0.2, -0.15) is 0 Å². The maximum absolute atomic E-state index is 10.8. The first-order valence-electron chi connectivity index (χ1n) is 4.63. The average Bonchev–Trinajstić information content (AvgIpc) is 2.26. The largest absolute Gasteiger partial charge is 0.744 e. The summed E-state index contributed by atoms with van der Waals surface area (Å²) in [6, 6.07) is 9.77. The third-order valence-electron chi connectivity index (χ3n) is 2.36. The van der Waals surface area contributed by atoms with Gasteiger partial charge in [0.25, 0.3) is 0 Å². The maximum atomic E-state index is 10.8. The van der Waals surface area contributed by atoms with Crippen molar-refractivity contribution in [3.63, 3.8) is 0 Å². The predicted octanol–water partition coefficient (Wildman–Crippen LogP) is 2.39. The van der Waals surface area contributed by atoms with Gasteiger partial charge in [-0.3, -0.25) is 0 Å². The fraction of sp³-hybridized carbons (Fsp3) is 0. The van der Waals surface area contributed by atoms with Crippen LogP contribution in [0.4, 0.5) is 0 Å². The molecule has 0 aliphatic heterocycles. The molecule has 0 saturated carbocycles. The van der Waals surface area contributed by atoms with Gasteiger partial charge in [0.2, 0.25) is 0 Å². The van der Waals surface area contributed by atoms with Crippen LogP contribution < -0.4 is 0 Å². The minimum atomic E-state index is -4.38. The standard InChI is InChI=1S/C12H10O3S/c1-2-9-3-4-11-8-12(16(13,14)15)6-5-10(11)7-9/h2-8H,1H2,(H,13,14,15)/p-1. The number of fused-ring (bicyclic) bond motifs is 1. The van der Waals surface area contributed by atoms with Crippen LogP contribution in [0.25, 0.3) is 16.8 Å². The van der Waals surface area contributed by atoms with Crippen molar-refractivity contribution in [1.29, 1.82) is 0 Å². The molecule has 4 heteroatoms. The lowest BCUT2D eigenvalue weighted by Crippen LogP contribution is -1.97. The van der Waals surface area contributed by atoms with Crippen LogP contribution in [0.2, 0.25) is 0 Å². The summed E-state index contributed by atoms with van der Waals surface area (Å²) in [7, 11) is -4.38. The lowest BCUT2D eigenvalue weighted by Gasteiger charge is -2.08. The SMILES string of the molecule is C=Cc1ccc2cc(S(=O)(=O)[O-])ccc2c1. The van der Waals surface area contributed by atoms with E-state index in [1.165, 1.54) is 12.1 Å². The molecule has 82 valence electrons. The Balaban J connectivity index is 2.69. The second kappa shape index (κ2) is 3.73. The number of hydrogen-bond donors (Lipinski definition) is 0. The topological polar surface area (TPSA) is 57.2 Å². The summed E-state index contributed by atoms with van der Waals surface area (Å²) in [5.41, 5.74) is 0.949. The van der Waals surface area contributed by atoms with Gasteiger partial charge in [-0.25, -0.2) is 8.42 Å². The summed E-state index contributed by atoms with van der Waals surface area (Å²) in [6.07, 6.45) is 1.71. The second-order valence-electron chi connectivity index (χ2n) is 3.43. The molecule has 0 aromatic heterocycles. The molecule has 2 aromatic carbocycles. The van der Waals surface area contributed by atoms with Crippen molar-refractivity contribution in [2.75, 3.05) is 0 Å². The van der Waals surface area contributed by atoms with E-state index in [9.17, 15) is 13.0 Å². The summed E-state index contributed by atoms with van der Waals surface area (Å²) >= 11 is 0.